The molecule has 5 rings (SSSR count). The molecule has 0 saturated carbocycles. The predicted octanol–water partition coefficient (Wildman–Crippen LogP) is 6.00. The number of hydrogen-bond acceptors (Lipinski definition) is 5. The highest BCUT2D eigenvalue weighted by molar-refractivity contribution is 6.05. The molecule has 0 amide bonds. The monoisotopic (exact) mass is 515 g/mol. The minimum absolute atomic E-state index is 0.0248. The van der Waals surface area contributed by atoms with Gasteiger partial charge in [0.1, 0.15) is 11.6 Å². The molecular weight excluding hydrogens is 481 g/mol. The third-order valence-corrected chi connectivity index (χ3v) is 7.82. The Balaban J connectivity index is 1.25. The topological polar surface area (TPSA) is 65.4 Å². The minimum Gasteiger partial charge on any atom is -0.497 e. The summed E-state index contributed by atoms with van der Waals surface area (Å²) in [4.78, 5) is 14.1. The van der Waals surface area contributed by atoms with Crippen LogP contribution in [0.25, 0.3) is 0 Å². The fraction of sp³-hybridized carbons (Fsp3) is 0.355. The SMILES string of the molecule is COc1cccc(N2CCC(Cc3ccc(N4N=C(c5ccc(F)cc5)C(C)C4CC(=O)O)cc3)CC2)c1. The van der Waals surface area contributed by atoms with Gasteiger partial charge in [-0.05, 0) is 72.7 Å². The van der Waals surface area contributed by atoms with Crippen molar-refractivity contribution < 1.29 is 19.0 Å². The highest BCUT2D eigenvalue weighted by Crippen LogP contribution is 2.34. The Morgan fingerprint density at radius 3 is 2.39 bits per heavy atom. The highest BCUT2D eigenvalue weighted by atomic mass is 19.1. The quantitative estimate of drug-likeness (QED) is 0.399. The number of methoxy groups -OCH3 is 1. The van der Waals surface area contributed by atoms with Crippen LogP contribution in [-0.2, 0) is 11.2 Å². The maximum Gasteiger partial charge on any atom is 0.305 e. The number of carboxylic acids is 1. The second-order valence-electron chi connectivity index (χ2n) is 10.3. The Labute approximate surface area is 223 Å². The molecule has 3 aromatic carbocycles. The maximum absolute atomic E-state index is 13.5. The molecule has 198 valence electrons. The van der Waals surface area contributed by atoms with Crippen molar-refractivity contribution in [3.8, 4) is 5.75 Å². The lowest BCUT2D eigenvalue weighted by Gasteiger charge is -2.34. The largest absolute Gasteiger partial charge is 0.497 e. The molecule has 0 radical (unpaired) electrons. The van der Waals surface area contributed by atoms with E-state index in [-0.39, 0.29) is 24.2 Å². The van der Waals surface area contributed by atoms with E-state index in [9.17, 15) is 14.3 Å². The van der Waals surface area contributed by atoms with Gasteiger partial charge >= 0.3 is 5.97 Å². The van der Waals surface area contributed by atoms with E-state index in [1.54, 1.807) is 19.2 Å². The van der Waals surface area contributed by atoms with Crippen LogP contribution in [0, 0.1) is 17.7 Å². The van der Waals surface area contributed by atoms with E-state index in [1.165, 1.54) is 23.4 Å². The molecule has 0 aliphatic carbocycles. The summed E-state index contributed by atoms with van der Waals surface area (Å²) >= 11 is 0. The summed E-state index contributed by atoms with van der Waals surface area (Å²) in [7, 11) is 1.70. The highest BCUT2D eigenvalue weighted by Gasteiger charge is 2.37. The van der Waals surface area contributed by atoms with Crippen LogP contribution in [0.4, 0.5) is 15.8 Å². The molecule has 1 N–H and O–H groups in total. The number of carboxylic acid groups (broad SMARTS) is 1. The van der Waals surface area contributed by atoms with E-state index in [0.717, 1.165) is 55.1 Å². The zero-order valence-electron chi connectivity index (χ0n) is 21.9. The number of anilines is 2. The van der Waals surface area contributed by atoms with Crippen molar-refractivity contribution in [2.75, 3.05) is 30.1 Å². The fourth-order valence-electron chi connectivity index (χ4n) is 5.63. The van der Waals surface area contributed by atoms with Gasteiger partial charge in [-0.25, -0.2) is 4.39 Å². The first-order chi connectivity index (χ1) is 18.4. The zero-order valence-corrected chi connectivity index (χ0v) is 21.9. The molecule has 0 bridgehead atoms. The molecule has 2 aliphatic heterocycles. The van der Waals surface area contributed by atoms with Crippen molar-refractivity contribution in [2.24, 2.45) is 16.9 Å². The van der Waals surface area contributed by atoms with Crippen LogP contribution in [0.2, 0.25) is 0 Å². The molecule has 1 fully saturated rings. The zero-order chi connectivity index (χ0) is 26.6. The van der Waals surface area contributed by atoms with Crippen LogP contribution in [0.5, 0.6) is 5.75 Å². The predicted molar refractivity (Wildman–Crippen MR) is 149 cm³/mol. The number of ether oxygens (including phenoxy) is 1. The Morgan fingerprint density at radius 1 is 1.03 bits per heavy atom. The molecule has 38 heavy (non-hydrogen) atoms. The molecule has 2 unspecified atom stereocenters. The molecular formula is C31H34FN3O3. The molecule has 7 heteroatoms. The van der Waals surface area contributed by atoms with Crippen LogP contribution in [0.3, 0.4) is 0 Å². The minimum atomic E-state index is -0.862. The summed E-state index contributed by atoms with van der Waals surface area (Å²) in [6.07, 6.45) is 3.26. The van der Waals surface area contributed by atoms with Gasteiger partial charge in [0, 0.05) is 30.8 Å². The Hall–Kier alpha value is -3.87. The number of hydrazone groups is 1. The van der Waals surface area contributed by atoms with Crippen LogP contribution < -0.4 is 14.6 Å². The lowest BCUT2D eigenvalue weighted by Crippen LogP contribution is -2.34. The number of nitrogens with zero attached hydrogens (tertiary/aromatic N) is 3. The van der Waals surface area contributed by atoms with Crippen molar-refractivity contribution in [1.82, 2.24) is 0 Å². The summed E-state index contributed by atoms with van der Waals surface area (Å²) in [6, 6.07) is 22.5. The Kier molecular flexibility index (Phi) is 7.63. The van der Waals surface area contributed by atoms with E-state index >= 15 is 0 Å². The van der Waals surface area contributed by atoms with Gasteiger partial charge in [0.25, 0.3) is 0 Å². The maximum atomic E-state index is 13.5. The average molecular weight is 516 g/mol. The summed E-state index contributed by atoms with van der Waals surface area (Å²) in [6.45, 7) is 4.04. The van der Waals surface area contributed by atoms with Gasteiger partial charge in [0.2, 0.25) is 0 Å². The summed E-state index contributed by atoms with van der Waals surface area (Å²) in [5, 5.41) is 16.2. The van der Waals surface area contributed by atoms with Crippen molar-refractivity contribution in [2.45, 2.75) is 38.6 Å². The second kappa shape index (κ2) is 11.3. The third-order valence-electron chi connectivity index (χ3n) is 7.82. The van der Waals surface area contributed by atoms with Crippen molar-refractivity contribution >= 4 is 23.1 Å². The lowest BCUT2D eigenvalue weighted by molar-refractivity contribution is -0.137. The van der Waals surface area contributed by atoms with Crippen molar-refractivity contribution in [3.05, 3.63) is 89.7 Å². The first-order valence-electron chi connectivity index (χ1n) is 13.2. The van der Waals surface area contributed by atoms with Gasteiger partial charge in [0.15, 0.2) is 0 Å². The van der Waals surface area contributed by atoms with E-state index in [2.05, 4.69) is 29.2 Å². The van der Waals surface area contributed by atoms with Gasteiger partial charge in [-0.2, -0.15) is 5.10 Å². The first-order valence-corrected chi connectivity index (χ1v) is 13.2. The first kappa shape index (κ1) is 25.8. The average Bonchev–Trinajstić information content (AvgIpc) is 3.25. The second-order valence-corrected chi connectivity index (χ2v) is 10.3. The van der Waals surface area contributed by atoms with Crippen LogP contribution in [-0.4, -0.2) is 43.0 Å². The van der Waals surface area contributed by atoms with Crippen LogP contribution >= 0.6 is 0 Å². The number of piperidine rings is 1. The van der Waals surface area contributed by atoms with Gasteiger partial charge in [-0.1, -0.05) is 37.3 Å². The number of halogens is 1. The molecule has 3 aromatic rings. The van der Waals surface area contributed by atoms with Gasteiger partial charge in [-0.3, -0.25) is 9.80 Å². The number of aliphatic carboxylic acids is 1. The normalized spacial score (nSPS) is 19.9. The molecule has 2 atom stereocenters. The summed E-state index contributed by atoms with van der Waals surface area (Å²) < 4.78 is 18.8. The molecule has 0 spiro atoms. The smallest absolute Gasteiger partial charge is 0.305 e. The molecule has 0 aromatic heterocycles. The standard InChI is InChI=1S/C31H34FN3O3/c1-21-29(20-30(36)37)35(33-31(21)24-8-10-25(32)11-9-24)26-12-6-22(7-13-26)18-23-14-16-34(17-15-23)27-4-3-5-28(19-27)38-2/h3-13,19,21,23,29H,14-18,20H2,1-2H3,(H,36,37). The third kappa shape index (κ3) is 5.67. The lowest BCUT2D eigenvalue weighted by atomic mass is 9.89. The molecule has 2 aliphatic rings. The molecule has 1 saturated heterocycles. The summed E-state index contributed by atoms with van der Waals surface area (Å²) in [5.41, 5.74) is 4.95. The van der Waals surface area contributed by atoms with E-state index in [4.69, 9.17) is 9.84 Å². The van der Waals surface area contributed by atoms with E-state index in [1.807, 2.05) is 36.2 Å². The Morgan fingerprint density at radius 2 is 1.74 bits per heavy atom. The molecule has 2 heterocycles. The van der Waals surface area contributed by atoms with Gasteiger partial charge in [-0.15, -0.1) is 0 Å². The number of hydrogen-bond donors (Lipinski definition) is 1. The Bertz CT molecular complexity index is 1280. The van der Waals surface area contributed by atoms with Crippen molar-refractivity contribution in [3.63, 3.8) is 0 Å². The number of benzene rings is 3. The van der Waals surface area contributed by atoms with Crippen LogP contribution in [0.1, 0.15) is 37.3 Å². The number of carbonyl (C=O) groups is 1. The van der Waals surface area contributed by atoms with Gasteiger partial charge in [0.05, 0.1) is 31.0 Å². The fourth-order valence-corrected chi connectivity index (χ4v) is 5.63. The number of rotatable bonds is 8. The van der Waals surface area contributed by atoms with E-state index in [0.29, 0.717) is 5.92 Å². The van der Waals surface area contributed by atoms with Crippen LogP contribution in [0.15, 0.2) is 77.9 Å². The van der Waals surface area contributed by atoms with Crippen molar-refractivity contribution in [1.29, 1.82) is 0 Å². The van der Waals surface area contributed by atoms with E-state index < -0.39 is 5.97 Å². The molecule has 6 nitrogen and oxygen atoms in total. The summed E-state index contributed by atoms with van der Waals surface area (Å²) in [5.74, 6) is 0.236. The van der Waals surface area contributed by atoms with Gasteiger partial charge < -0.3 is 14.7 Å².